The summed E-state index contributed by atoms with van der Waals surface area (Å²) in [5, 5.41) is 0.651. The van der Waals surface area contributed by atoms with Gasteiger partial charge in [-0.05, 0) is 25.2 Å². The zero-order valence-electron chi connectivity index (χ0n) is 6.30. The molecule has 0 fully saturated rings. The highest BCUT2D eigenvalue weighted by atomic mass is 35.7. The van der Waals surface area contributed by atoms with Gasteiger partial charge in [-0.3, -0.25) is 0 Å². The highest BCUT2D eigenvalue weighted by Crippen LogP contribution is 2.65. The first-order chi connectivity index (χ1) is 4.90. The Hall–Kier alpha value is 0.930. The van der Waals surface area contributed by atoms with Crippen LogP contribution in [-0.4, -0.2) is 5.60 Å². The summed E-state index contributed by atoms with van der Waals surface area (Å²) in [7, 11) is 0. The lowest BCUT2D eigenvalue weighted by Crippen LogP contribution is -2.22. The molecule has 0 saturated carbocycles. The lowest BCUT2D eigenvalue weighted by atomic mass is 10.0. The predicted octanol–water partition coefficient (Wildman–Crippen LogP) is 3.81. The van der Waals surface area contributed by atoms with E-state index in [-0.39, 0.29) is 0 Å². The van der Waals surface area contributed by atoms with Crippen LogP contribution in [0.15, 0.2) is 10.8 Å². The summed E-state index contributed by atoms with van der Waals surface area (Å²) >= 11 is 16.8. The summed E-state index contributed by atoms with van der Waals surface area (Å²) in [6, 6.07) is 0. The van der Waals surface area contributed by atoms with Gasteiger partial charge in [0.25, 0.3) is 0 Å². The highest BCUT2D eigenvalue weighted by molar-refractivity contribution is 8.26. The van der Waals surface area contributed by atoms with Crippen LogP contribution in [0.2, 0.25) is 0 Å². The van der Waals surface area contributed by atoms with Crippen molar-refractivity contribution in [2.24, 2.45) is 0 Å². The zero-order chi connectivity index (χ0) is 8.70. The van der Waals surface area contributed by atoms with Crippen LogP contribution in [-0.2, 0) is 16.3 Å². The van der Waals surface area contributed by atoms with E-state index in [1.807, 2.05) is 13.8 Å². The molecule has 0 radical (unpaired) electrons. The van der Waals surface area contributed by atoms with Gasteiger partial charge in [-0.2, -0.15) is 0 Å². The number of hydrogen-bond donors (Lipinski definition) is 0. The summed E-state index contributed by atoms with van der Waals surface area (Å²) in [4.78, 5) is 0. The van der Waals surface area contributed by atoms with Crippen molar-refractivity contribution in [1.82, 2.24) is 0 Å². The van der Waals surface area contributed by atoms with E-state index in [0.29, 0.717) is 5.03 Å². The molecule has 0 N–H and O–H groups in total. The van der Waals surface area contributed by atoms with Gasteiger partial charge in [0.05, 0.1) is 5.03 Å². The Labute approximate surface area is 81.6 Å². The minimum atomic E-state index is -2.23. The lowest BCUT2D eigenvalue weighted by molar-refractivity contribution is 0.165. The normalized spacial score (nSPS) is 44.2. The Kier molecular flexibility index (Phi) is 2.74. The quantitative estimate of drug-likeness (QED) is 0.634. The number of halogens is 2. The van der Waals surface area contributed by atoms with E-state index in [1.54, 1.807) is 5.82 Å². The van der Waals surface area contributed by atoms with Crippen molar-refractivity contribution >= 4 is 40.3 Å². The molecule has 5 heteroatoms. The number of rotatable bonds is 1. The monoisotopic (exact) mass is 230 g/mol. The third-order valence-corrected chi connectivity index (χ3v) is 4.69. The average molecular weight is 231 g/mol. The molecule has 0 bridgehead atoms. The van der Waals surface area contributed by atoms with Crippen molar-refractivity contribution in [3.63, 3.8) is 0 Å². The van der Waals surface area contributed by atoms with Gasteiger partial charge in [-0.15, -0.1) is 0 Å². The Morgan fingerprint density at radius 2 is 2.36 bits per heavy atom. The summed E-state index contributed by atoms with van der Waals surface area (Å²) in [6.45, 7) is 3.90. The van der Waals surface area contributed by atoms with Crippen molar-refractivity contribution in [1.29, 1.82) is 0 Å². The van der Waals surface area contributed by atoms with Gasteiger partial charge in [0.1, 0.15) is 5.60 Å². The first-order valence-corrected chi connectivity index (χ1v) is 7.36. The molecule has 64 valence electrons. The maximum absolute atomic E-state index is 5.92. The SMILES string of the molecule is CCC1(C)OP(=S)(Cl)C=C1Cl. The topological polar surface area (TPSA) is 9.23 Å². The fourth-order valence-electron chi connectivity index (χ4n) is 0.850. The standard InChI is InChI=1S/C6H9Cl2OPS/c1-3-6(2)5(7)4-10(8,11)9-6/h4H,3H2,1-2H3. The van der Waals surface area contributed by atoms with Gasteiger partial charge in [0.15, 0.2) is 5.62 Å². The summed E-state index contributed by atoms with van der Waals surface area (Å²) in [6.07, 6.45) is 0.799. The second-order valence-electron chi connectivity index (χ2n) is 2.67. The van der Waals surface area contributed by atoms with Crippen LogP contribution in [0.1, 0.15) is 20.3 Å². The van der Waals surface area contributed by atoms with Gasteiger partial charge in [-0.25, -0.2) is 0 Å². The molecule has 2 atom stereocenters. The smallest absolute Gasteiger partial charge is 0.175 e. The van der Waals surface area contributed by atoms with E-state index < -0.39 is 11.2 Å². The molecule has 1 aliphatic heterocycles. The van der Waals surface area contributed by atoms with E-state index in [2.05, 4.69) is 0 Å². The van der Waals surface area contributed by atoms with Crippen molar-refractivity contribution in [3.8, 4) is 0 Å². The molecular weight excluding hydrogens is 222 g/mol. The molecule has 0 amide bonds. The Bertz CT molecular complexity index is 253. The predicted molar refractivity (Wildman–Crippen MR) is 53.9 cm³/mol. The molecule has 1 nitrogen and oxygen atoms in total. The first kappa shape index (κ1) is 10.0. The summed E-state index contributed by atoms with van der Waals surface area (Å²) in [5.74, 6) is 1.68. The Morgan fingerprint density at radius 1 is 1.82 bits per heavy atom. The number of hydrogen-bond acceptors (Lipinski definition) is 2. The molecule has 1 aliphatic rings. The van der Waals surface area contributed by atoms with Crippen LogP contribution in [0, 0.1) is 0 Å². The molecule has 0 aromatic rings. The summed E-state index contributed by atoms with van der Waals surface area (Å²) in [5.41, 5.74) is -2.66. The third-order valence-electron chi connectivity index (χ3n) is 1.77. The van der Waals surface area contributed by atoms with Crippen LogP contribution in [0.4, 0.5) is 0 Å². The van der Waals surface area contributed by atoms with Gasteiger partial charge < -0.3 is 4.52 Å². The second-order valence-corrected chi connectivity index (χ2v) is 8.30. The van der Waals surface area contributed by atoms with Gasteiger partial charge in [0, 0.05) is 5.82 Å². The van der Waals surface area contributed by atoms with Gasteiger partial charge >= 0.3 is 0 Å². The molecule has 2 unspecified atom stereocenters. The van der Waals surface area contributed by atoms with Gasteiger partial charge in [0.2, 0.25) is 0 Å². The van der Waals surface area contributed by atoms with E-state index in [1.165, 1.54) is 0 Å². The molecule has 0 aliphatic carbocycles. The van der Waals surface area contributed by atoms with Crippen molar-refractivity contribution in [3.05, 3.63) is 10.8 Å². The zero-order valence-corrected chi connectivity index (χ0v) is 9.53. The minimum Gasteiger partial charge on any atom is -0.323 e. The average Bonchev–Trinajstić information content (AvgIpc) is 2.03. The first-order valence-electron chi connectivity index (χ1n) is 3.28. The van der Waals surface area contributed by atoms with Crippen LogP contribution >= 0.6 is 28.5 Å². The fraction of sp³-hybridized carbons (Fsp3) is 0.667. The third kappa shape index (κ3) is 1.99. The molecule has 0 saturated heterocycles. The fourth-order valence-corrected chi connectivity index (χ4v) is 4.74. The molecule has 11 heavy (non-hydrogen) atoms. The lowest BCUT2D eigenvalue weighted by Gasteiger charge is -2.23. The maximum Gasteiger partial charge on any atom is 0.175 e. The molecule has 1 rings (SSSR count). The highest BCUT2D eigenvalue weighted by Gasteiger charge is 2.38. The van der Waals surface area contributed by atoms with E-state index in [4.69, 9.17) is 39.2 Å². The molecular formula is C6H9Cl2OPS. The molecule has 0 aromatic carbocycles. The van der Waals surface area contributed by atoms with E-state index in [9.17, 15) is 0 Å². The van der Waals surface area contributed by atoms with Crippen molar-refractivity contribution in [2.75, 3.05) is 0 Å². The minimum absolute atomic E-state index is 0.432. The van der Waals surface area contributed by atoms with Crippen molar-refractivity contribution < 1.29 is 4.52 Å². The van der Waals surface area contributed by atoms with Crippen LogP contribution in [0.5, 0.6) is 0 Å². The largest absolute Gasteiger partial charge is 0.323 e. The summed E-state index contributed by atoms with van der Waals surface area (Å²) < 4.78 is 5.46. The molecule has 0 spiro atoms. The van der Waals surface area contributed by atoms with Gasteiger partial charge in [-0.1, -0.05) is 29.8 Å². The molecule has 1 heterocycles. The van der Waals surface area contributed by atoms with Crippen molar-refractivity contribution in [2.45, 2.75) is 25.9 Å². The molecule has 0 aromatic heterocycles. The Balaban J connectivity index is 2.97. The van der Waals surface area contributed by atoms with Crippen LogP contribution < -0.4 is 0 Å². The van der Waals surface area contributed by atoms with Crippen LogP contribution in [0.25, 0.3) is 0 Å². The Morgan fingerprint density at radius 3 is 2.55 bits per heavy atom. The maximum atomic E-state index is 5.92. The van der Waals surface area contributed by atoms with E-state index in [0.717, 1.165) is 6.42 Å². The van der Waals surface area contributed by atoms with E-state index >= 15 is 0 Å². The second kappa shape index (κ2) is 3.01. The van der Waals surface area contributed by atoms with Crippen LogP contribution in [0.3, 0.4) is 0 Å².